The number of carbonyl (C=O) groups excluding carboxylic acids is 2. The van der Waals surface area contributed by atoms with Crippen LogP contribution in [0, 0.1) is 0 Å². The van der Waals surface area contributed by atoms with Gasteiger partial charge in [-0.25, -0.2) is 4.79 Å². The Bertz CT molecular complexity index is 462. The molecular weight excluding hydrogens is 262 g/mol. The number of nitrogens with one attached hydrogen (secondary N) is 1. The number of rotatable bonds is 5. The van der Waals surface area contributed by atoms with E-state index in [9.17, 15) is 9.59 Å². The molecule has 1 amide bonds. The molecule has 6 heteroatoms. The van der Waals surface area contributed by atoms with Crippen molar-refractivity contribution in [2.45, 2.75) is 32.3 Å². The normalized spacial score (nSPS) is 21.4. The lowest BCUT2D eigenvalue weighted by Gasteiger charge is -2.18. The highest BCUT2D eigenvalue weighted by atomic mass is 16.7. The van der Waals surface area contributed by atoms with Crippen LogP contribution in [0.25, 0.3) is 0 Å². The lowest BCUT2D eigenvalue weighted by atomic mass is 10.2. The highest BCUT2D eigenvalue weighted by Gasteiger charge is 2.36. The lowest BCUT2D eigenvalue weighted by molar-refractivity contribution is -0.163. The molecule has 6 nitrogen and oxygen atoms in total. The van der Waals surface area contributed by atoms with Gasteiger partial charge in [0.25, 0.3) is 0 Å². The van der Waals surface area contributed by atoms with Crippen molar-refractivity contribution in [3.8, 4) is 0 Å². The third kappa shape index (κ3) is 3.96. The Balaban J connectivity index is 1.80. The Morgan fingerprint density at radius 1 is 1.40 bits per heavy atom. The van der Waals surface area contributed by atoms with Crippen molar-refractivity contribution in [3.05, 3.63) is 35.9 Å². The zero-order valence-electron chi connectivity index (χ0n) is 11.2. The lowest BCUT2D eigenvalue weighted by Crippen LogP contribution is -2.41. The van der Waals surface area contributed by atoms with Gasteiger partial charge in [-0.2, -0.15) is 0 Å². The molecule has 1 aliphatic rings. The van der Waals surface area contributed by atoms with E-state index in [4.69, 9.17) is 14.2 Å². The van der Waals surface area contributed by atoms with Crippen molar-refractivity contribution in [1.82, 2.24) is 5.32 Å². The molecule has 1 aromatic carbocycles. The highest BCUT2D eigenvalue weighted by molar-refractivity contribution is 5.75. The summed E-state index contributed by atoms with van der Waals surface area (Å²) in [5.74, 6) is -0.392. The van der Waals surface area contributed by atoms with Crippen molar-refractivity contribution in [3.63, 3.8) is 0 Å². The standard InChI is InChI=1S/C14H17NO5/c1-2-18-13-11(8-12(16)20-13)15-14(17)19-9-10-6-4-3-5-7-10/h3-7,11,13H,2,8-9H2,1H3,(H,15,17)/t11-,13-/m0/s1. The summed E-state index contributed by atoms with van der Waals surface area (Å²) in [4.78, 5) is 22.9. The van der Waals surface area contributed by atoms with E-state index in [0.29, 0.717) is 6.61 Å². The summed E-state index contributed by atoms with van der Waals surface area (Å²) >= 11 is 0. The second kappa shape index (κ2) is 6.91. The van der Waals surface area contributed by atoms with Gasteiger partial charge in [0.1, 0.15) is 12.6 Å². The predicted octanol–water partition coefficient (Wildman–Crippen LogP) is 1.59. The summed E-state index contributed by atoms with van der Waals surface area (Å²) in [5, 5.41) is 2.58. The van der Waals surface area contributed by atoms with E-state index in [1.54, 1.807) is 6.92 Å². The average molecular weight is 279 g/mol. The van der Waals surface area contributed by atoms with Crippen LogP contribution in [0.3, 0.4) is 0 Å². The predicted molar refractivity (Wildman–Crippen MR) is 69.7 cm³/mol. The number of esters is 1. The number of amides is 1. The average Bonchev–Trinajstić information content (AvgIpc) is 2.78. The number of hydrogen-bond donors (Lipinski definition) is 1. The van der Waals surface area contributed by atoms with Crippen LogP contribution in [-0.4, -0.2) is 31.0 Å². The maximum absolute atomic E-state index is 11.7. The fourth-order valence-electron chi connectivity index (χ4n) is 1.89. The number of ether oxygens (including phenoxy) is 3. The summed E-state index contributed by atoms with van der Waals surface area (Å²) in [5.41, 5.74) is 0.891. The first kappa shape index (κ1) is 14.3. The third-order valence-corrected chi connectivity index (χ3v) is 2.81. The summed E-state index contributed by atoms with van der Waals surface area (Å²) < 4.78 is 15.3. The third-order valence-electron chi connectivity index (χ3n) is 2.81. The molecule has 0 aliphatic carbocycles. The van der Waals surface area contributed by atoms with Gasteiger partial charge < -0.3 is 19.5 Å². The second-order valence-electron chi connectivity index (χ2n) is 4.33. The fraction of sp³-hybridized carbons (Fsp3) is 0.429. The van der Waals surface area contributed by atoms with Gasteiger partial charge in [-0.15, -0.1) is 0 Å². The van der Waals surface area contributed by atoms with E-state index in [1.807, 2.05) is 30.3 Å². The quantitative estimate of drug-likeness (QED) is 0.828. The van der Waals surface area contributed by atoms with Crippen molar-refractivity contribution < 1.29 is 23.8 Å². The summed E-state index contributed by atoms with van der Waals surface area (Å²) in [6.45, 7) is 2.36. The van der Waals surface area contributed by atoms with Crippen LogP contribution in [0.2, 0.25) is 0 Å². The van der Waals surface area contributed by atoms with Gasteiger partial charge in [-0.1, -0.05) is 30.3 Å². The Labute approximate surface area is 117 Å². The van der Waals surface area contributed by atoms with Gasteiger partial charge in [0.05, 0.1) is 6.42 Å². The Morgan fingerprint density at radius 3 is 2.85 bits per heavy atom. The van der Waals surface area contributed by atoms with E-state index in [2.05, 4.69) is 5.32 Å². The molecule has 1 N–H and O–H groups in total. The molecule has 2 rings (SSSR count). The first-order valence-corrected chi connectivity index (χ1v) is 6.47. The van der Waals surface area contributed by atoms with Gasteiger partial charge >= 0.3 is 12.1 Å². The molecule has 1 aromatic rings. The smallest absolute Gasteiger partial charge is 0.407 e. The SMILES string of the molecule is CCO[C@H]1OC(=O)C[C@@H]1NC(=O)OCc1ccccc1. The van der Waals surface area contributed by atoms with Gasteiger partial charge in [0.2, 0.25) is 6.29 Å². The molecule has 0 radical (unpaired) electrons. The number of carbonyl (C=O) groups is 2. The van der Waals surface area contributed by atoms with Gasteiger partial charge in [-0.05, 0) is 12.5 Å². The zero-order chi connectivity index (χ0) is 14.4. The molecule has 0 spiro atoms. The molecule has 0 unspecified atom stereocenters. The molecule has 0 bridgehead atoms. The maximum atomic E-state index is 11.7. The van der Waals surface area contributed by atoms with Gasteiger partial charge in [-0.3, -0.25) is 4.79 Å². The maximum Gasteiger partial charge on any atom is 0.407 e. The molecule has 0 saturated carbocycles. The Hall–Kier alpha value is -2.08. The van der Waals surface area contributed by atoms with Gasteiger partial charge in [0.15, 0.2) is 0 Å². The fourth-order valence-corrected chi connectivity index (χ4v) is 1.89. The van der Waals surface area contributed by atoms with Crippen LogP contribution < -0.4 is 5.32 Å². The summed E-state index contributed by atoms with van der Waals surface area (Å²) in [6.07, 6.45) is -1.25. The first-order chi connectivity index (χ1) is 9.69. The molecule has 0 aromatic heterocycles. The van der Waals surface area contributed by atoms with E-state index >= 15 is 0 Å². The number of benzene rings is 1. The minimum atomic E-state index is -0.739. The molecule has 1 aliphatic heterocycles. The van der Waals surface area contributed by atoms with Crippen molar-refractivity contribution in [1.29, 1.82) is 0 Å². The zero-order valence-corrected chi connectivity index (χ0v) is 11.2. The minimum absolute atomic E-state index is 0.0884. The molecule has 1 saturated heterocycles. The van der Waals surface area contributed by atoms with Crippen LogP contribution in [0.15, 0.2) is 30.3 Å². The van der Waals surface area contributed by atoms with Crippen LogP contribution >= 0.6 is 0 Å². The van der Waals surface area contributed by atoms with Crippen molar-refractivity contribution in [2.24, 2.45) is 0 Å². The largest absolute Gasteiger partial charge is 0.445 e. The first-order valence-electron chi connectivity index (χ1n) is 6.47. The minimum Gasteiger partial charge on any atom is -0.445 e. The van der Waals surface area contributed by atoms with Crippen molar-refractivity contribution in [2.75, 3.05) is 6.61 Å². The highest BCUT2D eigenvalue weighted by Crippen LogP contribution is 2.16. The monoisotopic (exact) mass is 279 g/mol. The molecule has 108 valence electrons. The summed E-state index contributed by atoms with van der Waals surface area (Å²) in [7, 11) is 0. The summed E-state index contributed by atoms with van der Waals surface area (Å²) in [6, 6.07) is 8.83. The second-order valence-corrected chi connectivity index (χ2v) is 4.33. The molecule has 1 heterocycles. The molecule has 2 atom stereocenters. The number of cyclic esters (lactones) is 1. The Morgan fingerprint density at radius 2 is 2.15 bits per heavy atom. The topological polar surface area (TPSA) is 73.9 Å². The van der Waals surface area contributed by atoms with Crippen molar-refractivity contribution >= 4 is 12.1 Å². The molecular formula is C14H17NO5. The van der Waals surface area contributed by atoms with Crippen LogP contribution in [-0.2, 0) is 25.6 Å². The Kier molecular flexibility index (Phi) is 4.95. The van der Waals surface area contributed by atoms with Crippen LogP contribution in [0.4, 0.5) is 4.79 Å². The molecule has 1 fully saturated rings. The van der Waals surface area contributed by atoms with Crippen LogP contribution in [0.1, 0.15) is 18.9 Å². The van der Waals surface area contributed by atoms with Gasteiger partial charge in [0, 0.05) is 6.61 Å². The number of hydrogen-bond acceptors (Lipinski definition) is 5. The van der Waals surface area contributed by atoms with E-state index < -0.39 is 24.4 Å². The van der Waals surface area contributed by atoms with E-state index in [1.165, 1.54) is 0 Å². The van der Waals surface area contributed by atoms with E-state index in [-0.39, 0.29) is 13.0 Å². The van der Waals surface area contributed by atoms with E-state index in [0.717, 1.165) is 5.56 Å². The van der Waals surface area contributed by atoms with Crippen LogP contribution in [0.5, 0.6) is 0 Å². The molecule has 20 heavy (non-hydrogen) atoms. The number of alkyl carbamates (subject to hydrolysis) is 1.